The van der Waals surface area contributed by atoms with Gasteiger partial charge in [-0.25, -0.2) is 4.74 Å². The molecule has 0 saturated heterocycles. The summed E-state index contributed by atoms with van der Waals surface area (Å²) in [5.74, 6) is 1.71. The summed E-state index contributed by atoms with van der Waals surface area (Å²) in [4.78, 5) is 0. The van der Waals surface area contributed by atoms with Crippen LogP contribution in [0.4, 0.5) is 5.69 Å². The topological polar surface area (TPSA) is 75.2 Å². The molecule has 7 nitrogen and oxygen atoms in total. The number of rotatable bonds is 4. The van der Waals surface area contributed by atoms with E-state index >= 15 is 0 Å². The molecule has 0 amide bonds. The molecule has 7 heteroatoms. The molecule has 0 atom stereocenters. The van der Waals surface area contributed by atoms with Crippen molar-refractivity contribution >= 4 is 22.6 Å². The van der Waals surface area contributed by atoms with Crippen LogP contribution in [0.15, 0.2) is 72.8 Å². The van der Waals surface area contributed by atoms with E-state index in [1.807, 2.05) is 36.4 Å². The lowest BCUT2D eigenvalue weighted by molar-refractivity contribution is -0.363. The van der Waals surface area contributed by atoms with Crippen molar-refractivity contribution in [3.8, 4) is 11.5 Å². The Labute approximate surface area is 161 Å². The van der Waals surface area contributed by atoms with Crippen molar-refractivity contribution < 1.29 is 14.2 Å². The van der Waals surface area contributed by atoms with E-state index in [4.69, 9.17) is 9.47 Å². The van der Waals surface area contributed by atoms with Crippen molar-refractivity contribution in [2.75, 3.05) is 14.2 Å². The summed E-state index contributed by atoms with van der Waals surface area (Å²) in [6.07, 6.45) is 0. The van der Waals surface area contributed by atoms with Crippen molar-refractivity contribution in [1.82, 2.24) is 15.0 Å². The van der Waals surface area contributed by atoms with Crippen LogP contribution in [0.1, 0.15) is 5.56 Å². The number of methoxy groups -OCH3 is 2. The Hall–Kier alpha value is -3.87. The van der Waals surface area contributed by atoms with Gasteiger partial charge in [-0.05, 0) is 60.7 Å². The van der Waals surface area contributed by atoms with Gasteiger partial charge in [0.25, 0.3) is 0 Å². The zero-order valence-corrected chi connectivity index (χ0v) is 15.4. The Kier molecular flexibility index (Phi) is 4.63. The summed E-state index contributed by atoms with van der Waals surface area (Å²) in [7, 11) is 3.18. The lowest BCUT2D eigenvalue weighted by atomic mass is 10.2. The van der Waals surface area contributed by atoms with Gasteiger partial charge in [-0.15, -0.1) is 5.10 Å². The van der Waals surface area contributed by atoms with Gasteiger partial charge in [0.1, 0.15) is 22.7 Å². The van der Waals surface area contributed by atoms with E-state index in [2.05, 4.69) is 10.3 Å². The van der Waals surface area contributed by atoms with Gasteiger partial charge >= 0.3 is 5.84 Å². The summed E-state index contributed by atoms with van der Waals surface area (Å²) in [5.41, 5.74) is 2.58. The summed E-state index contributed by atoms with van der Waals surface area (Å²) in [6.45, 7) is 0. The van der Waals surface area contributed by atoms with Crippen molar-refractivity contribution in [3.05, 3.63) is 83.6 Å². The predicted octanol–water partition coefficient (Wildman–Crippen LogP) is 3.59. The molecule has 140 valence electrons. The van der Waals surface area contributed by atoms with E-state index in [9.17, 15) is 5.21 Å². The van der Waals surface area contributed by atoms with Crippen molar-refractivity contribution in [3.63, 3.8) is 0 Å². The van der Waals surface area contributed by atoms with Gasteiger partial charge in [0.05, 0.1) is 19.8 Å². The molecular formula is C21H18N4O3. The highest BCUT2D eigenvalue weighted by atomic mass is 16.5. The van der Waals surface area contributed by atoms with E-state index in [0.29, 0.717) is 34.1 Å². The summed E-state index contributed by atoms with van der Waals surface area (Å²) >= 11 is 0. The molecule has 28 heavy (non-hydrogen) atoms. The molecule has 0 saturated carbocycles. The third kappa shape index (κ3) is 3.14. The standard InChI is InChI=1S/C21H18N4O3/c1-27-17-11-7-15(8-12-17)21(24-20-6-4-3-5-19(20)22-23-24)25(26)16-9-13-18(28-2)14-10-16/h3-14H,1-2H3/b25-21+. The van der Waals surface area contributed by atoms with Crippen LogP contribution in [-0.4, -0.2) is 39.8 Å². The van der Waals surface area contributed by atoms with Gasteiger partial charge in [-0.3, -0.25) is 0 Å². The molecule has 0 aliphatic heterocycles. The van der Waals surface area contributed by atoms with Crippen LogP contribution in [0, 0.1) is 5.21 Å². The van der Waals surface area contributed by atoms with Crippen LogP contribution >= 0.6 is 0 Å². The summed E-state index contributed by atoms with van der Waals surface area (Å²) in [6, 6.07) is 21.6. The molecule has 0 aliphatic rings. The van der Waals surface area contributed by atoms with Crippen LogP contribution in [0.2, 0.25) is 0 Å². The molecule has 1 aromatic heterocycles. The Morgan fingerprint density at radius 2 is 1.46 bits per heavy atom. The van der Waals surface area contributed by atoms with Crippen LogP contribution < -0.4 is 9.47 Å². The average molecular weight is 374 g/mol. The largest absolute Gasteiger partial charge is 0.710 e. The molecule has 0 N–H and O–H groups in total. The number of para-hydroxylation sites is 1. The lowest BCUT2D eigenvalue weighted by Crippen LogP contribution is -2.23. The maximum atomic E-state index is 13.4. The molecule has 0 unspecified atom stereocenters. The molecule has 4 rings (SSSR count). The maximum Gasteiger partial charge on any atom is 0.319 e. The van der Waals surface area contributed by atoms with Gasteiger partial charge in [0.2, 0.25) is 0 Å². The van der Waals surface area contributed by atoms with Crippen LogP contribution in [0.3, 0.4) is 0 Å². The van der Waals surface area contributed by atoms with E-state index < -0.39 is 0 Å². The highest BCUT2D eigenvalue weighted by molar-refractivity contribution is 6.01. The number of hydrogen-bond donors (Lipinski definition) is 0. The second kappa shape index (κ2) is 7.40. The van der Waals surface area contributed by atoms with Crippen LogP contribution in [0.25, 0.3) is 11.0 Å². The van der Waals surface area contributed by atoms with Crippen LogP contribution in [-0.2, 0) is 0 Å². The van der Waals surface area contributed by atoms with E-state index in [1.165, 1.54) is 0 Å². The molecule has 0 fully saturated rings. The Morgan fingerprint density at radius 3 is 2.11 bits per heavy atom. The first kappa shape index (κ1) is 17.5. The minimum atomic E-state index is 0.335. The van der Waals surface area contributed by atoms with Crippen LogP contribution in [0.5, 0.6) is 11.5 Å². The first-order valence-corrected chi connectivity index (χ1v) is 8.65. The summed E-state index contributed by atoms with van der Waals surface area (Å²) < 4.78 is 12.8. The predicted molar refractivity (Wildman–Crippen MR) is 106 cm³/mol. The fourth-order valence-corrected chi connectivity index (χ4v) is 2.93. The first-order chi connectivity index (χ1) is 13.7. The fraction of sp³-hybridized carbons (Fsp3) is 0.0952. The van der Waals surface area contributed by atoms with Crippen molar-refractivity contribution in [1.29, 1.82) is 0 Å². The van der Waals surface area contributed by atoms with Crippen molar-refractivity contribution in [2.24, 2.45) is 0 Å². The van der Waals surface area contributed by atoms with Gasteiger partial charge in [0, 0.05) is 5.21 Å². The van der Waals surface area contributed by atoms with Gasteiger partial charge in [0.15, 0.2) is 5.52 Å². The minimum Gasteiger partial charge on any atom is -0.710 e. The second-order valence-corrected chi connectivity index (χ2v) is 6.03. The number of fused-ring (bicyclic) bond motifs is 1. The molecule has 0 spiro atoms. The lowest BCUT2D eigenvalue weighted by Gasteiger charge is -2.14. The molecule has 3 aromatic carbocycles. The third-order valence-electron chi connectivity index (χ3n) is 4.40. The molecule has 0 aliphatic carbocycles. The zero-order valence-electron chi connectivity index (χ0n) is 15.4. The molecule has 0 bridgehead atoms. The quantitative estimate of drug-likeness (QED) is 0.179. The van der Waals surface area contributed by atoms with E-state index in [0.717, 1.165) is 10.3 Å². The number of nitrogens with zero attached hydrogens (tertiary/aromatic N) is 4. The number of aromatic nitrogens is 3. The third-order valence-corrected chi connectivity index (χ3v) is 4.40. The zero-order chi connectivity index (χ0) is 19.5. The fourth-order valence-electron chi connectivity index (χ4n) is 2.93. The average Bonchev–Trinajstić information content (AvgIpc) is 3.18. The first-order valence-electron chi connectivity index (χ1n) is 8.65. The Morgan fingerprint density at radius 1 is 0.857 bits per heavy atom. The molecule has 0 radical (unpaired) electrons. The summed E-state index contributed by atoms with van der Waals surface area (Å²) in [5, 5.41) is 21.8. The molecular weight excluding hydrogens is 356 g/mol. The number of ether oxygens (including phenoxy) is 2. The normalized spacial score (nSPS) is 11.9. The monoisotopic (exact) mass is 374 g/mol. The Balaban J connectivity index is 1.94. The smallest absolute Gasteiger partial charge is 0.319 e. The van der Waals surface area contributed by atoms with Gasteiger partial charge in [-0.2, -0.15) is 0 Å². The van der Waals surface area contributed by atoms with Gasteiger partial charge < -0.3 is 14.7 Å². The molecule has 1 heterocycles. The highest BCUT2D eigenvalue weighted by Crippen LogP contribution is 2.21. The van der Waals surface area contributed by atoms with Crippen molar-refractivity contribution in [2.45, 2.75) is 0 Å². The highest BCUT2D eigenvalue weighted by Gasteiger charge is 2.23. The van der Waals surface area contributed by atoms with E-state index in [-0.39, 0.29) is 0 Å². The number of benzene rings is 3. The maximum absolute atomic E-state index is 13.4. The minimum absolute atomic E-state index is 0.335. The van der Waals surface area contributed by atoms with Gasteiger partial charge in [-0.1, -0.05) is 16.8 Å². The van der Waals surface area contributed by atoms with E-state index in [1.54, 1.807) is 55.3 Å². The SMILES string of the molecule is COc1ccc(/C(n2nnc3ccccc32)=[N+](\[O-])c2ccc(OC)cc2)cc1. The second-order valence-electron chi connectivity index (χ2n) is 6.03. The number of hydrogen-bond acceptors (Lipinski definition) is 5. The Bertz CT molecular complexity index is 1130. The molecule has 4 aromatic rings.